The number of nitrogens with one attached hydrogen (secondary N) is 2. The van der Waals surface area contributed by atoms with Crippen LogP contribution in [-0.2, 0) is 14.4 Å². The number of aryl methyl sites for hydroxylation is 2. The zero-order valence-corrected chi connectivity index (χ0v) is 24.5. The highest BCUT2D eigenvalue weighted by Gasteiger charge is 2.37. The van der Waals surface area contributed by atoms with Gasteiger partial charge in [-0.2, -0.15) is 0 Å². The lowest BCUT2D eigenvalue weighted by Gasteiger charge is -2.27. The second kappa shape index (κ2) is 12.7. The zero-order chi connectivity index (χ0) is 29.7. The van der Waals surface area contributed by atoms with Crippen LogP contribution in [0.1, 0.15) is 23.6 Å². The van der Waals surface area contributed by atoms with Crippen LogP contribution in [-0.4, -0.2) is 44.1 Å². The Morgan fingerprint density at radius 3 is 2.46 bits per heavy atom. The highest BCUT2D eigenvalue weighted by atomic mass is 79.9. The van der Waals surface area contributed by atoms with Gasteiger partial charge in [-0.1, -0.05) is 18.2 Å². The van der Waals surface area contributed by atoms with E-state index in [0.717, 1.165) is 16.0 Å². The fraction of sp³-hybridized carbons (Fsp3) is 0.200. The van der Waals surface area contributed by atoms with Crippen molar-refractivity contribution in [3.63, 3.8) is 0 Å². The fourth-order valence-electron chi connectivity index (χ4n) is 4.07. The molecule has 10 nitrogen and oxygen atoms in total. The molecule has 0 radical (unpaired) electrons. The van der Waals surface area contributed by atoms with E-state index in [4.69, 9.17) is 14.2 Å². The number of benzene rings is 3. The monoisotopic (exact) mass is 621 g/mol. The molecule has 4 rings (SSSR count). The minimum atomic E-state index is -0.827. The summed E-state index contributed by atoms with van der Waals surface area (Å²) in [5, 5.41) is 4.96. The average Bonchev–Trinajstić information content (AvgIpc) is 2.93. The number of halogens is 1. The molecule has 0 saturated carbocycles. The Balaban J connectivity index is 1.59. The maximum atomic E-state index is 13.3. The molecule has 1 heterocycles. The number of nitrogens with zero attached hydrogens (tertiary/aromatic N) is 1. The predicted octanol–water partition coefficient (Wildman–Crippen LogP) is 5.16. The molecule has 5 amide bonds. The number of barbiturate groups is 1. The van der Waals surface area contributed by atoms with Crippen LogP contribution in [0.4, 0.5) is 16.2 Å². The van der Waals surface area contributed by atoms with Crippen LogP contribution < -0.4 is 29.7 Å². The summed E-state index contributed by atoms with van der Waals surface area (Å²) < 4.78 is 17.2. The molecule has 3 aromatic carbocycles. The maximum absolute atomic E-state index is 13.3. The summed E-state index contributed by atoms with van der Waals surface area (Å²) in [6.07, 6.45) is 1.36. The molecule has 0 bridgehead atoms. The van der Waals surface area contributed by atoms with Gasteiger partial charge in [0, 0.05) is 0 Å². The van der Waals surface area contributed by atoms with Crippen LogP contribution in [0.3, 0.4) is 0 Å². The minimum absolute atomic E-state index is 0.234. The average molecular weight is 622 g/mol. The fourth-order valence-corrected chi connectivity index (χ4v) is 4.64. The number of amides is 5. The van der Waals surface area contributed by atoms with Gasteiger partial charge < -0.3 is 19.5 Å². The zero-order valence-electron chi connectivity index (χ0n) is 22.9. The molecular weight excluding hydrogens is 594 g/mol. The van der Waals surface area contributed by atoms with Crippen molar-refractivity contribution in [2.75, 3.05) is 30.5 Å². The van der Waals surface area contributed by atoms with Crippen LogP contribution in [0.25, 0.3) is 6.08 Å². The first-order chi connectivity index (χ1) is 19.6. The number of carbonyl (C=O) groups excluding carboxylic acids is 4. The number of para-hydroxylation sites is 2. The molecule has 11 heteroatoms. The van der Waals surface area contributed by atoms with Gasteiger partial charge in [0.2, 0.25) is 0 Å². The SMILES string of the molecule is CCOc1cc(/C=C2/C(=O)NC(=O)N(c3ccc(C)c(C)c3)C2=O)cc(Br)c1OCC(=O)Nc1ccccc1OC. The van der Waals surface area contributed by atoms with E-state index in [1.165, 1.54) is 13.2 Å². The minimum Gasteiger partial charge on any atom is -0.495 e. The summed E-state index contributed by atoms with van der Waals surface area (Å²) in [6.45, 7) is 5.52. The number of methoxy groups -OCH3 is 1. The third kappa shape index (κ3) is 6.58. The van der Waals surface area contributed by atoms with Crippen molar-refractivity contribution in [3.05, 3.63) is 81.3 Å². The van der Waals surface area contributed by atoms with Crippen LogP contribution in [0, 0.1) is 13.8 Å². The van der Waals surface area contributed by atoms with Crippen LogP contribution in [0.15, 0.2) is 64.6 Å². The first-order valence-corrected chi connectivity index (χ1v) is 13.4. The normalized spacial score (nSPS) is 14.1. The van der Waals surface area contributed by atoms with Crippen molar-refractivity contribution >= 4 is 57.1 Å². The molecule has 0 spiro atoms. The Bertz CT molecular complexity index is 1570. The number of imide groups is 2. The molecule has 2 N–H and O–H groups in total. The Hall–Kier alpha value is -4.64. The molecule has 1 saturated heterocycles. The number of carbonyl (C=O) groups is 4. The first kappa shape index (κ1) is 29.3. The van der Waals surface area contributed by atoms with Crippen molar-refractivity contribution in [1.82, 2.24) is 5.32 Å². The largest absolute Gasteiger partial charge is 0.495 e. The lowest BCUT2D eigenvalue weighted by atomic mass is 10.0. The molecule has 0 aliphatic carbocycles. The molecular formula is C30H28BrN3O7. The van der Waals surface area contributed by atoms with Gasteiger partial charge in [0.05, 0.1) is 29.6 Å². The summed E-state index contributed by atoms with van der Waals surface area (Å²) >= 11 is 3.44. The van der Waals surface area contributed by atoms with E-state index in [1.54, 1.807) is 61.5 Å². The lowest BCUT2D eigenvalue weighted by Crippen LogP contribution is -2.54. The Morgan fingerprint density at radius 2 is 1.76 bits per heavy atom. The summed E-state index contributed by atoms with van der Waals surface area (Å²) in [7, 11) is 1.51. The van der Waals surface area contributed by atoms with Gasteiger partial charge in [-0.15, -0.1) is 0 Å². The van der Waals surface area contributed by atoms with Crippen molar-refractivity contribution < 1.29 is 33.4 Å². The van der Waals surface area contributed by atoms with Crippen molar-refractivity contribution in [1.29, 1.82) is 0 Å². The molecule has 1 fully saturated rings. The molecule has 0 unspecified atom stereocenters. The highest BCUT2D eigenvalue weighted by Crippen LogP contribution is 2.38. The standard InChI is InChI=1S/C30H28BrN3O7/c1-5-40-25-15-19(14-22(31)27(25)41-16-26(35)32-23-8-6-7-9-24(23)39-4)13-21-28(36)33-30(38)34(29(21)37)20-11-10-17(2)18(3)12-20/h6-15H,5,16H2,1-4H3,(H,32,35)(H,33,36,38)/b21-13-. The van der Waals surface area contributed by atoms with E-state index in [2.05, 4.69) is 26.6 Å². The summed E-state index contributed by atoms with van der Waals surface area (Å²) in [4.78, 5) is 52.1. The van der Waals surface area contributed by atoms with E-state index in [9.17, 15) is 19.2 Å². The molecule has 0 aromatic heterocycles. The molecule has 212 valence electrons. The van der Waals surface area contributed by atoms with E-state index in [-0.39, 0.29) is 30.3 Å². The topological polar surface area (TPSA) is 123 Å². The highest BCUT2D eigenvalue weighted by molar-refractivity contribution is 9.10. The summed E-state index contributed by atoms with van der Waals surface area (Å²) in [5.74, 6) is -0.948. The van der Waals surface area contributed by atoms with Gasteiger partial charge >= 0.3 is 6.03 Å². The third-order valence-electron chi connectivity index (χ3n) is 6.22. The maximum Gasteiger partial charge on any atom is 0.335 e. The van der Waals surface area contributed by atoms with Gasteiger partial charge in [0.1, 0.15) is 11.3 Å². The Labute approximate surface area is 245 Å². The molecule has 0 atom stereocenters. The summed E-state index contributed by atoms with van der Waals surface area (Å²) in [5.41, 5.74) is 2.93. The second-order valence-corrected chi connectivity index (χ2v) is 9.88. The number of urea groups is 1. The second-order valence-electron chi connectivity index (χ2n) is 9.03. The molecule has 41 heavy (non-hydrogen) atoms. The van der Waals surface area contributed by atoms with Crippen molar-refractivity contribution in [2.24, 2.45) is 0 Å². The van der Waals surface area contributed by atoms with E-state index in [0.29, 0.717) is 27.2 Å². The van der Waals surface area contributed by atoms with Crippen molar-refractivity contribution in [2.45, 2.75) is 20.8 Å². The van der Waals surface area contributed by atoms with Crippen LogP contribution in [0.2, 0.25) is 0 Å². The van der Waals surface area contributed by atoms with Gasteiger partial charge in [-0.05, 0) is 95.9 Å². The molecule has 1 aliphatic heterocycles. The van der Waals surface area contributed by atoms with E-state index in [1.807, 2.05) is 13.8 Å². The number of hydrogen-bond acceptors (Lipinski definition) is 7. The first-order valence-electron chi connectivity index (χ1n) is 12.6. The molecule has 3 aromatic rings. The smallest absolute Gasteiger partial charge is 0.335 e. The number of anilines is 2. The van der Waals surface area contributed by atoms with E-state index < -0.39 is 23.8 Å². The van der Waals surface area contributed by atoms with Gasteiger partial charge in [0.15, 0.2) is 18.1 Å². The van der Waals surface area contributed by atoms with Gasteiger partial charge in [0.25, 0.3) is 17.7 Å². The van der Waals surface area contributed by atoms with E-state index >= 15 is 0 Å². The number of rotatable bonds is 9. The quantitative estimate of drug-likeness (QED) is 0.250. The number of ether oxygens (including phenoxy) is 3. The number of hydrogen-bond donors (Lipinski definition) is 2. The van der Waals surface area contributed by atoms with Gasteiger partial charge in [-0.3, -0.25) is 19.7 Å². The predicted molar refractivity (Wildman–Crippen MR) is 157 cm³/mol. The Kier molecular flexibility index (Phi) is 9.08. The van der Waals surface area contributed by atoms with Crippen molar-refractivity contribution in [3.8, 4) is 17.2 Å². The molecule has 1 aliphatic rings. The Morgan fingerprint density at radius 1 is 1.00 bits per heavy atom. The van der Waals surface area contributed by atoms with Crippen LogP contribution >= 0.6 is 15.9 Å². The third-order valence-corrected chi connectivity index (χ3v) is 6.81. The van der Waals surface area contributed by atoms with Gasteiger partial charge in [-0.25, -0.2) is 9.69 Å². The summed E-state index contributed by atoms with van der Waals surface area (Å²) in [6, 6.07) is 14.5. The van der Waals surface area contributed by atoms with Crippen LogP contribution in [0.5, 0.6) is 17.2 Å². The lowest BCUT2D eigenvalue weighted by molar-refractivity contribution is -0.122.